The van der Waals surface area contributed by atoms with Gasteiger partial charge in [0.1, 0.15) is 0 Å². The van der Waals surface area contributed by atoms with Crippen molar-refractivity contribution in [3.8, 4) is 0 Å². The van der Waals surface area contributed by atoms with Crippen molar-refractivity contribution in [1.82, 2.24) is 10.2 Å². The van der Waals surface area contributed by atoms with E-state index in [1.54, 1.807) is 4.90 Å². The molecule has 1 saturated carbocycles. The van der Waals surface area contributed by atoms with Crippen molar-refractivity contribution >= 4 is 11.8 Å². The van der Waals surface area contributed by atoms with Gasteiger partial charge in [0.25, 0.3) is 0 Å². The lowest BCUT2D eigenvalue weighted by atomic mass is 9.76. The molecule has 0 aromatic heterocycles. The molecule has 0 bridgehead atoms. The molecule has 2 atom stereocenters. The summed E-state index contributed by atoms with van der Waals surface area (Å²) in [5, 5.41) is 3.52. The fourth-order valence-electron chi connectivity index (χ4n) is 4.63. The lowest BCUT2D eigenvalue weighted by Crippen LogP contribution is -2.55. The summed E-state index contributed by atoms with van der Waals surface area (Å²) >= 11 is 0. The molecule has 2 heterocycles. The minimum absolute atomic E-state index is 0.0226. The topological polar surface area (TPSA) is 49.4 Å². The van der Waals surface area contributed by atoms with Gasteiger partial charge in [0, 0.05) is 25.4 Å². The van der Waals surface area contributed by atoms with Crippen molar-refractivity contribution in [3.63, 3.8) is 0 Å². The maximum atomic E-state index is 12.5. The van der Waals surface area contributed by atoms with Crippen LogP contribution in [0.2, 0.25) is 0 Å². The fourth-order valence-corrected chi connectivity index (χ4v) is 4.63. The zero-order valence-electron chi connectivity index (χ0n) is 13.2. The van der Waals surface area contributed by atoms with E-state index in [0.717, 1.165) is 25.8 Å². The van der Waals surface area contributed by atoms with E-state index in [4.69, 9.17) is 0 Å². The van der Waals surface area contributed by atoms with Gasteiger partial charge in [-0.1, -0.05) is 26.2 Å². The number of imide groups is 1. The Bertz CT molecular complexity index is 395. The Kier molecular flexibility index (Phi) is 4.34. The lowest BCUT2D eigenvalue weighted by molar-refractivity contribution is -0.154. The van der Waals surface area contributed by atoms with Crippen LogP contribution in [0.15, 0.2) is 0 Å². The van der Waals surface area contributed by atoms with E-state index in [-0.39, 0.29) is 17.2 Å². The fraction of sp³-hybridized carbons (Fsp3) is 0.882. The van der Waals surface area contributed by atoms with Crippen LogP contribution >= 0.6 is 0 Å². The second kappa shape index (κ2) is 6.07. The summed E-state index contributed by atoms with van der Waals surface area (Å²) in [6.07, 6.45) is 9.25. The zero-order valence-corrected chi connectivity index (χ0v) is 13.2. The van der Waals surface area contributed by atoms with Crippen LogP contribution in [0, 0.1) is 11.3 Å². The first-order chi connectivity index (χ1) is 10.1. The molecule has 4 nitrogen and oxygen atoms in total. The first kappa shape index (κ1) is 15.0. The van der Waals surface area contributed by atoms with Gasteiger partial charge in [-0.05, 0) is 43.6 Å². The molecule has 1 aliphatic carbocycles. The summed E-state index contributed by atoms with van der Waals surface area (Å²) in [6, 6.07) is 0.300. The predicted octanol–water partition coefficient (Wildman–Crippen LogP) is 2.47. The number of likely N-dealkylation sites (tertiary alicyclic amines) is 1. The molecule has 1 N–H and O–H groups in total. The highest BCUT2D eigenvalue weighted by Gasteiger charge is 2.45. The van der Waals surface area contributed by atoms with E-state index in [0.29, 0.717) is 31.3 Å². The third kappa shape index (κ3) is 3.01. The standard InChI is InChI=1S/C17H28N2O2/c1-2-13-6-5-9-18-14(13)12-19-15(20)10-17(11-16(19)21)7-3-4-8-17/h13-14,18H,2-12H2,1H3. The zero-order chi connectivity index (χ0) is 14.9. The van der Waals surface area contributed by atoms with Crippen LogP contribution in [-0.4, -0.2) is 35.8 Å². The van der Waals surface area contributed by atoms with Crippen molar-refractivity contribution in [3.05, 3.63) is 0 Å². The van der Waals surface area contributed by atoms with E-state index in [1.807, 2.05) is 0 Å². The predicted molar refractivity (Wildman–Crippen MR) is 81.7 cm³/mol. The number of nitrogens with zero attached hydrogens (tertiary/aromatic N) is 1. The molecule has 1 spiro atoms. The van der Waals surface area contributed by atoms with Gasteiger partial charge in [-0.25, -0.2) is 0 Å². The minimum atomic E-state index is 0.0226. The summed E-state index contributed by atoms with van der Waals surface area (Å²) in [4.78, 5) is 26.6. The molecule has 21 heavy (non-hydrogen) atoms. The molecular formula is C17H28N2O2. The third-order valence-corrected chi connectivity index (χ3v) is 5.95. The molecule has 2 aliphatic heterocycles. The number of carbonyl (C=O) groups excluding carboxylic acids is 2. The van der Waals surface area contributed by atoms with Crippen LogP contribution in [0.1, 0.15) is 64.7 Å². The second-order valence-electron chi connectivity index (χ2n) is 7.33. The van der Waals surface area contributed by atoms with Crippen LogP contribution in [0.4, 0.5) is 0 Å². The molecule has 3 fully saturated rings. The van der Waals surface area contributed by atoms with Crippen molar-refractivity contribution < 1.29 is 9.59 Å². The Labute approximate surface area is 127 Å². The molecule has 0 aromatic rings. The highest BCUT2D eigenvalue weighted by molar-refractivity contribution is 5.98. The van der Waals surface area contributed by atoms with Crippen LogP contribution in [0.3, 0.4) is 0 Å². The number of hydrogen-bond acceptors (Lipinski definition) is 3. The van der Waals surface area contributed by atoms with Crippen molar-refractivity contribution in [1.29, 1.82) is 0 Å². The highest BCUT2D eigenvalue weighted by atomic mass is 16.2. The molecule has 3 rings (SSSR count). The summed E-state index contributed by atoms with van der Waals surface area (Å²) < 4.78 is 0. The van der Waals surface area contributed by atoms with Crippen LogP contribution in [-0.2, 0) is 9.59 Å². The largest absolute Gasteiger partial charge is 0.312 e. The monoisotopic (exact) mass is 292 g/mol. The Morgan fingerprint density at radius 1 is 1.14 bits per heavy atom. The van der Waals surface area contributed by atoms with Gasteiger partial charge in [-0.15, -0.1) is 0 Å². The maximum Gasteiger partial charge on any atom is 0.229 e. The maximum absolute atomic E-state index is 12.5. The first-order valence-electron chi connectivity index (χ1n) is 8.70. The average molecular weight is 292 g/mol. The van der Waals surface area contributed by atoms with Gasteiger partial charge >= 0.3 is 0 Å². The molecule has 0 aromatic carbocycles. The molecule has 118 valence electrons. The third-order valence-electron chi connectivity index (χ3n) is 5.95. The van der Waals surface area contributed by atoms with Gasteiger partial charge in [0.05, 0.1) is 0 Å². The van der Waals surface area contributed by atoms with E-state index in [1.165, 1.54) is 25.7 Å². The van der Waals surface area contributed by atoms with Crippen molar-refractivity contribution in [2.24, 2.45) is 11.3 Å². The normalized spacial score (nSPS) is 32.9. The number of nitrogens with one attached hydrogen (secondary N) is 1. The number of hydrogen-bond donors (Lipinski definition) is 1. The second-order valence-corrected chi connectivity index (χ2v) is 7.33. The molecule has 2 unspecified atom stereocenters. The average Bonchev–Trinajstić information content (AvgIpc) is 2.91. The number of rotatable bonds is 3. The molecule has 2 saturated heterocycles. The van der Waals surface area contributed by atoms with Crippen LogP contribution < -0.4 is 5.32 Å². The van der Waals surface area contributed by atoms with E-state index in [9.17, 15) is 9.59 Å². The molecule has 3 aliphatic rings. The van der Waals surface area contributed by atoms with Crippen LogP contribution in [0.25, 0.3) is 0 Å². The Morgan fingerprint density at radius 3 is 2.43 bits per heavy atom. The Balaban J connectivity index is 1.65. The van der Waals surface area contributed by atoms with Gasteiger partial charge in [-0.3, -0.25) is 14.5 Å². The Morgan fingerprint density at radius 2 is 1.81 bits per heavy atom. The molecule has 4 heteroatoms. The summed E-state index contributed by atoms with van der Waals surface area (Å²) in [5.74, 6) is 0.757. The SMILES string of the molecule is CCC1CCCNC1CN1C(=O)CC2(CCCC2)CC1=O. The van der Waals surface area contributed by atoms with Gasteiger partial charge in [-0.2, -0.15) is 0 Å². The van der Waals surface area contributed by atoms with Gasteiger partial charge in [0.2, 0.25) is 11.8 Å². The van der Waals surface area contributed by atoms with Crippen LogP contribution in [0.5, 0.6) is 0 Å². The van der Waals surface area contributed by atoms with Crippen molar-refractivity contribution in [2.75, 3.05) is 13.1 Å². The molecular weight excluding hydrogens is 264 g/mol. The van der Waals surface area contributed by atoms with Crippen molar-refractivity contribution in [2.45, 2.75) is 70.8 Å². The number of carbonyl (C=O) groups is 2. The van der Waals surface area contributed by atoms with E-state index >= 15 is 0 Å². The van der Waals surface area contributed by atoms with E-state index < -0.39 is 0 Å². The van der Waals surface area contributed by atoms with Gasteiger partial charge in [0.15, 0.2) is 0 Å². The lowest BCUT2D eigenvalue weighted by Gasteiger charge is -2.41. The smallest absolute Gasteiger partial charge is 0.229 e. The number of piperidine rings is 2. The Hall–Kier alpha value is -0.900. The van der Waals surface area contributed by atoms with E-state index in [2.05, 4.69) is 12.2 Å². The molecule has 2 amide bonds. The summed E-state index contributed by atoms with van der Waals surface area (Å²) in [7, 11) is 0. The first-order valence-corrected chi connectivity index (χ1v) is 8.70. The quantitative estimate of drug-likeness (QED) is 0.813. The van der Waals surface area contributed by atoms with Gasteiger partial charge < -0.3 is 5.32 Å². The summed E-state index contributed by atoms with van der Waals surface area (Å²) in [6.45, 7) is 3.81. The highest BCUT2D eigenvalue weighted by Crippen LogP contribution is 2.47. The molecule has 0 radical (unpaired) electrons. The minimum Gasteiger partial charge on any atom is -0.312 e. The summed E-state index contributed by atoms with van der Waals surface area (Å²) in [5.41, 5.74) is 0.0226. The number of amides is 2.